The van der Waals surface area contributed by atoms with Crippen molar-refractivity contribution in [3.63, 3.8) is 0 Å². The summed E-state index contributed by atoms with van der Waals surface area (Å²) in [5.74, 6) is -1.72. The van der Waals surface area contributed by atoms with Crippen LogP contribution in [0.15, 0.2) is 65.1 Å². The second-order valence-corrected chi connectivity index (χ2v) is 8.93. The van der Waals surface area contributed by atoms with E-state index in [1.54, 1.807) is 0 Å². The van der Waals surface area contributed by atoms with E-state index in [0.717, 1.165) is 32.8 Å². The topological polar surface area (TPSA) is 61.4 Å². The van der Waals surface area contributed by atoms with Gasteiger partial charge in [0, 0.05) is 24.0 Å². The van der Waals surface area contributed by atoms with Crippen LogP contribution in [-0.4, -0.2) is 29.7 Å². The number of amides is 1. The van der Waals surface area contributed by atoms with Crippen LogP contribution in [0.5, 0.6) is 0 Å². The van der Waals surface area contributed by atoms with Gasteiger partial charge in [-0.25, -0.2) is 8.78 Å². The number of carbonyl (C=O) groups excluding carboxylic acids is 1. The Morgan fingerprint density at radius 1 is 1.03 bits per heavy atom. The molecule has 3 N–H and O–H groups in total. The summed E-state index contributed by atoms with van der Waals surface area (Å²) in [6.07, 6.45) is -0.880. The molecule has 1 aliphatic rings. The number of hydrogen-bond acceptors (Lipinski definition) is 3. The average molecular weight is 501 g/mol. The third-order valence-electron chi connectivity index (χ3n) is 5.65. The highest BCUT2D eigenvalue weighted by molar-refractivity contribution is 9.10. The Morgan fingerprint density at radius 3 is 2.44 bits per heavy atom. The summed E-state index contributed by atoms with van der Waals surface area (Å²) < 4.78 is 28.2. The largest absolute Gasteiger partial charge is 0.390 e. The van der Waals surface area contributed by atoms with Gasteiger partial charge in [0.05, 0.1) is 18.2 Å². The molecule has 7 heteroatoms. The van der Waals surface area contributed by atoms with E-state index in [0.29, 0.717) is 5.56 Å². The average Bonchev–Trinajstić information content (AvgIpc) is 3.03. The van der Waals surface area contributed by atoms with Gasteiger partial charge in [0.1, 0.15) is 11.6 Å². The maximum atomic E-state index is 13.6. The van der Waals surface area contributed by atoms with Crippen molar-refractivity contribution >= 4 is 21.8 Å². The van der Waals surface area contributed by atoms with Crippen molar-refractivity contribution in [1.29, 1.82) is 0 Å². The minimum atomic E-state index is -0.978. The predicted molar refractivity (Wildman–Crippen MR) is 123 cm³/mol. The molecule has 3 aromatic rings. The number of hydrogen-bond donors (Lipinski definition) is 3. The van der Waals surface area contributed by atoms with Gasteiger partial charge in [-0.15, -0.1) is 0 Å². The van der Waals surface area contributed by atoms with Crippen LogP contribution in [-0.2, 0) is 11.2 Å². The summed E-state index contributed by atoms with van der Waals surface area (Å²) in [4.78, 5) is 11.7. The minimum absolute atomic E-state index is 0.0977. The van der Waals surface area contributed by atoms with E-state index < -0.39 is 23.8 Å². The highest BCUT2D eigenvalue weighted by Gasteiger charge is 2.30. The lowest BCUT2D eigenvalue weighted by Gasteiger charge is -2.26. The Kier molecular flexibility index (Phi) is 6.69. The molecule has 3 aromatic carbocycles. The first kappa shape index (κ1) is 22.6. The number of rotatable bonds is 7. The van der Waals surface area contributed by atoms with Crippen LogP contribution < -0.4 is 10.6 Å². The number of aliphatic hydroxyl groups is 1. The van der Waals surface area contributed by atoms with Crippen molar-refractivity contribution in [2.45, 2.75) is 31.5 Å². The first-order chi connectivity index (χ1) is 15.3. The second kappa shape index (κ2) is 9.48. The smallest absolute Gasteiger partial charge is 0.217 e. The molecule has 0 spiro atoms. The van der Waals surface area contributed by atoms with Gasteiger partial charge in [-0.05, 0) is 58.5 Å². The van der Waals surface area contributed by atoms with E-state index in [1.807, 2.05) is 24.3 Å². The van der Waals surface area contributed by atoms with Crippen LogP contribution in [0.4, 0.5) is 8.78 Å². The third-order valence-corrected chi connectivity index (χ3v) is 6.14. The van der Waals surface area contributed by atoms with Gasteiger partial charge in [-0.3, -0.25) is 4.79 Å². The summed E-state index contributed by atoms with van der Waals surface area (Å²) in [5, 5.41) is 17.0. The Morgan fingerprint density at radius 2 is 1.72 bits per heavy atom. The first-order valence-corrected chi connectivity index (χ1v) is 11.1. The number of carbonyl (C=O) groups is 1. The van der Waals surface area contributed by atoms with Gasteiger partial charge >= 0.3 is 0 Å². The lowest BCUT2D eigenvalue weighted by molar-refractivity contribution is -0.120. The van der Waals surface area contributed by atoms with E-state index >= 15 is 0 Å². The standard InChI is InChI=1S/C25H23BrF2N2O2/c1-14(31)30-23(10-15-8-17(27)12-18(28)9-15)24(32)13-29-25-21-5-3-2-4-19(21)20-7-6-16(26)11-22(20)25/h2-9,11-12,23-25,29,32H,10,13H2,1H3,(H,30,31)/t23-,24+,25?/m0/s1. The fourth-order valence-electron chi connectivity index (χ4n) is 4.31. The van der Waals surface area contributed by atoms with Crippen molar-refractivity contribution in [2.24, 2.45) is 0 Å². The molecule has 0 radical (unpaired) electrons. The van der Waals surface area contributed by atoms with Crippen molar-refractivity contribution in [1.82, 2.24) is 10.6 Å². The molecule has 4 nitrogen and oxygen atoms in total. The zero-order chi connectivity index (χ0) is 22.8. The predicted octanol–water partition coefficient (Wildman–Crippen LogP) is 4.50. The molecule has 4 rings (SSSR count). The summed E-state index contributed by atoms with van der Waals surface area (Å²) in [6.45, 7) is 1.52. The maximum Gasteiger partial charge on any atom is 0.217 e. The molecule has 1 aliphatic carbocycles. The Bertz CT molecular complexity index is 1130. The highest BCUT2D eigenvalue weighted by atomic mass is 79.9. The summed E-state index contributed by atoms with van der Waals surface area (Å²) in [5.41, 5.74) is 4.83. The van der Waals surface area contributed by atoms with E-state index in [9.17, 15) is 18.7 Å². The second-order valence-electron chi connectivity index (χ2n) is 8.02. The fraction of sp³-hybridized carbons (Fsp3) is 0.240. The van der Waals surface area contributed by atoms with Crippen molar-refractivity contribution in [3.05, 3.63) is 93.5 Å². The Hall–Kier alpha value is -2.61. The molecular weight excluding hydrogens is 478 g/mol. The Balaban J connectivity index is 1.53. The summed E-state index contributed by atoms with van der Waals surface area (Å²) >= 11 is 3.53. The molecule has 166 valence electrons. The Labute approximate surface area is 193 Å². The van der Waals surface area contributed by atoms with Crippen molar-refractivity contribution in [2.75, 3.05) is 6.54 Å². The van der Waals surface area contributed by atoms with E-state index in [2.05, 4.69) is 44.8 Å². The van der Waals surface area contributed by atoms with E-state index in [1.165, 1.54) is 19.1 Å². The van der Waals surface area contributed by atoms with Gasteiger partial charge in [0.25, 0.3) is 0 Å². The van der Waals surface area contributed by atoms with Crippen molar-refractivity contribution in [3.8, 4) is 11.1 Å². The van der Waals surface area contributed by atoms with Gasteiger partial charge in [0.15, 0.2) is 0 Å². The van der Waals surface area contributed by atoms with Crippen LogP contribution in [0.2, 0.25) is 0 Å². The number of nitrogens with one attached hydrogen (secondary N) is 2. The molecule has 32 heavy (non-hydrogen) atoms. The molecule has 0 bridgehead atoms. The lowest BCUT2D eigenvalue weighted by Crippen LogP contribution is -2.48. The molecule has 1 amide bonds. The van der Waals surface area contributed by atoms with Crippen LogP contribution in [0.25, 0.3) is 11.1 Å². The molecule has 0 saturated carbocycles. The quantitative estimate of drug-likeness (QED) is 0.447. The monoisotopic (exact) mass is 500 g/mol. The molecule has 0 aromatic heterocycles. The molecular formula is C25H23BrF2N2O2. The maximum absolute atomic E-state index is 13.6. The van der Waals surface area contributed by atoms with E-state index in [4.69, 9.17) is 0 Å². The fourth-order valence-corrected chi connectivity index (χ4v) is 4.69. The molecule has 3 atom stereocenters. The summed E-state index contributed by atoms with van der Waals surface area (Å²) in [7, 11) is 0. The zero-order valence-electron chi connectivity index (χ0n) is 17.4. The number of halogens is 3. The minimum Gasteiger partial charge on any atom is -0.390 e. The van der Waals surface area contributed by atoms with E-state index in [-0.39, 0.29) is 24.9 Å². The molecule has 0 aliphatic heterocycles. The first-order valence-electron chi connectivity index (χ1n) is 10.3. The molecule has 0 fully saturated rings. The molecule has 0 heterocycles. The SMILES string of the molecule is CC(=O)N[C@@H](Cc1cc(F)cc(F)c1)[C@H](O)CNC1c2ccccc2-c2ccc(Br)cc21. The molecule has 0 saturated heterocycles. The van der Waals surface area contributed by atoms with Crippen molar-refractivity contribution < 1.29 is 18.7 Å². The third kappa shape index (κ3) is 4.90. The van der Waals surface area contributed by atoms with Crippen LogP contribution in [0.3, 0.4) is 0 Å². The van der Waals surface area contributed by atoms with Crippen LogP contribution in [0.1, 0.15) is 29.7 Å². The van der Waals surface area contributed by atoms with Gasteiger partial charge in [-0.2, -0.15) is 0 Å². The highest BCUT2D eigenvalue weighted by Crippen LogP contribution is 2.44. The molecule has 1 unspecified atom stereocenters. The van der Waals surface area contributed by atoms with Gasteiger partial charge < -0.3 is 15.7 Å². The van der Waals surface area contributed by atoms with Crippen LogP contribution in [0, 0.1) is 11.6 Å². The van der Waals surface area contributed by atoms with Gasteiger partial charge in [0.2, 0.25) is 5.91 Å². The van der Waals surface area contributed by atoms with Crippen LogP contribution >= 0.6 is 15.9 Å². The number of aliphatic hydroxyl groups excluding tert-OH is 1. The summed E-state index contributed by atoms with van der Waals surface area (Å²) in [6, 6.07) is 16.6. The number of fused-ring (bicyclic) bond motifs is 3. The lowest BCUT2D eigenvalue weighted by atomic mass is 9.99. The normalized spacial score (nSPS) is 16.2. The number of benzene rings is 3. The zero-order valence-corrected chi connectivity index (χ0v) is 19.0. The van der Waals surface area contributed by atoms with Gasteiger partial charge in [-0.1, -0.05) is 46.3 Å².